The first-order chi connectivity index (χ1) is 13.9. The van der Waals surface area contributed by atoms with Crippen molar-refractivity contribution in [2.24, 2.45) is 5.10 Å². The Morgan fingerprint density at radius 1 is 1.34 bits per heavy atom. The normalized spacial score (nSPS) is 11.0. The van der Waals surface area contributed by atoms with E-state index in [4.69, 9.17) is 9.47 Å². The Labute approximate surface area is 172 Å². The van der Waals surface area contributed by atoms with E-state index < -0.39 is 10.5 Å². The summed E-state index contributed by atoms with van der Waals surface area (Å²) in [4.78, 5) is 23.3. The van der Waals surface area contributed by atoms with Crippen LogP contribution < -0.4 is 15.0 Å². The lowest BCUT2D eigenvalue weighted by atomic mass is 10.2. The molecule has 0 aliphatic carbocycles. The van der Waals surface area contributed by atoms with Gasteiger partial charge in [0.05, 0.1) is 24.9 Å². The number of aryl methyl sites for hydroxylation is 1. The number of nitrogens with zero attached hydrogens (tertiary/aromatic N) is 5. The summed E-state index contributed by atoms with van der Waals surface area (Å²) in [6, 6.07) is 2.89. The van der Waals surface area contributed by atoms with Crippen molar-refractivity contribution in [3.63, 3.8) is 0 Å². The molecule has 2 aromatic rings. The number of hydrogen-bond donors (Lipinski definition) is 0. The molecule has 29 heavy (non-hydrogen) atoms. The van der Waals surface area contributed by atoms with Gasteiger partial charge in [0.2, 0.25) is 10.9 Å². The van der Waals surface area contributed by atoms with E-state index in [9.17, 15) is 14.9 Å². The van der Waals surface area contributed by atoms with E-state index in [1.165, 1.54) is 38.1 Å². The fourth-order valence-electron chi connectivity index (χ4n) is 2.44. The minimum absolute atomic E-state index is 0.0779. The van der Waals surface area contributed by atoms with Crippen LogP contribution in [0, 0.1) is 17.0 Å². The van der Waals surface area contributed by atoms with E-state index in [0.717, 1.165) is 23.9 Å². The van der Waals surface area contributed by atoms with E-state index in [1.54, 1.807) is 12.3 Å². The molecule has 0 aliphatic heterocycles. The topological polar surface area (TPSA) is 122 Å². The third-order valence-corrected chi connectivity index (χ3v) is 4.56. The van der Waals surface area contributed by atoms with Gasteiger partial charge in [-0.2, -0.15) is 9.78 Å². The molecule has 0 saturated carbocycles. The lowest BCUT2D eigenvalue weighted by Gasteiger charge is -2.12. The van der Waals surface area contributed by atoms with E-state index in [2.05, 4.69) is 22.2 Å². The van der Waals surface area contributed by atoms with Gasteiger partial charge in [0.15, 0.2) is 5.75 Å². The van der Waals surface area contributed by atoms with Crippen molar-refractivity contribution in [3.8, 4) is 11.5 Å². The first kappa shape index (κ1) is 22.3. The molecule has 2 rings (SSSR count). The highest BCUT2D eigenvalue weighted by Crippen LogP contribution is 2.38. The van der Waals surface area contributed by atoms with Gasteiger partial charge in [-0.1, -0.05) is 31.5 Å². The quantitative estimate of drug-likeness (QED) is 0.189. The standard InChI is InChI=1S/C18H23N5O5S/c1-5-6-7-8-28-16-14(23(25)26)9-13(10-15(16)27-3)11-19-22-17(24)12(2)20-21-18(22)29-4/h9-11H,5-8H2,1-4H3/b19-11-. The molecule has 11 heteroatoms. The molecular formula is C18H23N5O5S. The third kappa shape index (κ3) is 5.53. The van der Waals surface area contributed by atoms with Crippen molar-refractivity contribution in [2.75, 3.05) is 20.0 Å². The Hall–Kier alpha value is -2.95. The van der Waals surface area contributed by atoms with Crippen molar-refractivity contribution in [1.29, 1.82) is 0 Å². The number of rotatable bonds is 10. The third-order valence-electron chi connectivity index (χ3n) is 3.94. The Balaban J connectivity index is 2.43. The van der Waals surface area contributed by atoms with Crippen LogP contribution in [0.3, 0.4) is 0 Å². The summed E-state index contributed by atoms with van der Waals surface area (Å²) in [6.45, 7) is 3.95. The van der Waals surface area contributed by atoms with E-state index in [-0.39, 0.29) is 22.9 Å². The highest BCUT2D eigenvalue weighted by molar-refractivity contribution is 7.98. The second-order valence-corrected chi connectivity index (χ2v) is 6.79. The minimum Gasteiger partial charge on any atom is -0.493 e. The SMILES string of the molecule is CCCCCOc1c(OC)cc(/C=N\n2c(SC)nnc(C)c2=O)cc1[N+](=O)[O-]. The van der Waals surface area contributed by atoms with E-state index >= 15 is 0 Å². The summed E-state index contributed by atoms with van der Waals surface area (Å²) in [5.41, 5.74) is -0.0797. The van der Waals surface area contributed by atoms with Gasteiger partial charge in [0, 0.05) is 11.6 Å². The van der Waals surface area contributed by atoms with Crippen LogP contribution >= 0.6 is 11.8 Å². The number of unbranched alkanes of at least 4 members (excludes halogenated alkanes) is 2. The molecular weight excluding hydrogens is 398 g/mol. The number of benzene rings is 1. The zero-order chi connectivity index (χ0) is 21.4. The smallest absolute Gasteiger partial charge is 0.315 e. The maximum atomic E-state index is 12.3. The summed E-state index contributed by atoms with van der Waals surface area (Å²) in [5.74, 6) is 0.299. The summed E-state index contributed by atoms with van der Waals surface area (Å²) >= 11 is 1.21. The van der Waals surface area contributed by atoms with Crippen molar-refractivity contribution in [1.82, 2.24) is 14.9 Å². The number of aromatic nitrogens is 3. The zero-order valence-electron chi connectivity index (χ0n) is 16.7. The van der Waals surface area contributed by atoms with Gasteiger partial charge in [-0.25, -0.2) is 0 Å². The van der Waals surface area contributed by atoms with Gasteiger partial charge in [0.1, 0.15) is 5.69 Å². The maximum absolute atomic E-state index is 12.3. The molecule has 0 fully saturated rings. The Morgan fingerprint density at radius 3 is 2.72 bits per heavy atom. The van der Waals surface area contributed by atoms with Crippen LogP contribution in [-0.4, -0.2) is 46.0 Å². The summed E-state index contributed by atoms with van der Waals surface area (Å²) in [6.07, 6.45) is 5.84. The maximum Gasteiger partial charge on any atom is 0.315 e. The van der Waals surface area contributed by atoms with Crippen LogP contribution in [0.25, 0.3) is 0 Å². The summed E-state index contributed by atoms with van der Waals surface area (Å²) in [7, 11) is 1.41. The molecule has 156 valence electrons. The zero-order valence-corrected chi connectivity index (χ0v) is 17.6. The summed E-state index contributed by atoms with van der Waals surface area (Å²) in [5, 5.41) is 23.7. The van der Waals surface area contributed by atoms with Crippen molar-refractivity contribution < 1.29 is 14.4 Å². The largest absolute Gasteiger partial charge is 0.493 e. The van der Waals surface area contributed by atoms with Crippen LogP contribution in [0.4, 0.5) is 5.69 Å². The Kier molecular flexibility index (Phi) is 8.13. The molecule has 1 aromatic carbocycles. The molecule has 1 heterocycles. The molecule has 0 atom stereocenters. The molecule has 0 aliphatic rings. The summed E-state index contributed by atoms with van der Waals surface area (Å²) < 4.78 is 12.0. The van der Waals surface area contributed by atoms with Crippen molar-refractivity contribution in [2.45, 2.75) is 38.3 Å². The van der Waals surface area contributed by atoms with Crippen LogP contribution in [0.1, 0.15) is 37.4 Å². The van der Waals surface area contributed by atoms with Crippen LogP contribution in [0.2, 0.25) is 0 Å². The fourth-order valence-corrected chi connectivity index (χ4v) is 2.86. The molecule has 0 unspecified atom stereocenters. The van der Waals surface area contributed by atoms with Gasteiger partial charge in [-0.3, -0.25) is 14.9 Å². The van der Waals surface area contributed by atoms with Crippen LogP contribution in [0.15, 0.2) is 27.2 Å². The van der Waals surface area contributed by atoms with Crippen molar-refractivity contribution >= 4 is 23.7 Å². The number of nitro groups is 1. The van der Waals surface area contributed by atoms with Gasteiger partial charge in [0.25, 0.3) is 5.56 Å². The highest BCUT2D eigenvalue weighted by atomic mass is 32.2. The Bertz CT molecular complexity index is 960. The monoisotopic (exact) mass is 421 g/mol. The average molecular weight is 421 g/mol. The van der Waals surface area contributed by atoms with E-state index in [1.807, 2.05) is 0 Å². The number of thioether (sulfide) groups is 1. The predicted molar refractivity (Wildman–Crippen MR) is 110 cm³/mol. The number of ether oxygens (including phenoxy) is 2. The number of nitro benzene ring substituents is 1. The van der Waals surface area contributed by atoms with Crippen molar-refractivity contribution in [3.05, 3.63) is 43.9 Å². The molecule has 0 N–H and O–H groups in total. The second-order valence-electron chi connectivity index (χ2n) is 6.02. The number of hydrogen-bond acceptors (Lipinski definition) is 9. The van der Waals surface area contributed by atoms with Crippen LogP contribution in [-0.2, 0) is 0 Å². The lowest BCUT2D eigenvalue weighted by molar-refractivity contribution is -0.386. The predicted octanol–water partition coefficient (Wildman–Crippen LogP) is 3.04. The van der Waals surface area contributed by atoms with Gasteiger partial charge in [-0.05, 0) is 25.7 Å². The first-order valence-corrected chi connectivity index (χ1v) is 10.2. The molecule has 0 amide bonds. The fraction of sp³-hybridized carbons (Fsp3) is 0.444. The molecule has 0 spiro atoms. The lowest BCUT2D eigenvalue weighted by Crippen LogP contribution is -2.23. The van der Waals surface area contributed by atoms with E-state index in [0.29, 0.717) is 17.3 Å². The van der Waals surface area contributed by atoms with Gasteiger partial charge >= 0.3 is 5.69 Å². The van der Waals surface area contributed by atoms with Gasteiger partial charge < -0.3 is 9.47 Å². The molecule has 0 bridgehead atoms. The van der Waals surface area contributed by atoms with Crippen LogP contribution in [0.5, 0.6) is 11.5 Å². The Morgan fingerprint density at radius 2 is 2.10 bits per heavy atom. The average Bonchev–Trinajstić information content (AvgIpc) is 2.72. The highest BCUT2D eigenvalue weighted by Gasteiger charge is 2.22. The second kappa shape index (κ2) is 10.6. The minimum atomic E-state index is -0.535. The number of methoxy groups -OCH3 is 1. The molecule has 0 saturated heterocycles. The molecule has 1 aromatic heterocycles. The molecule has 0 radical (unpaired) electrons. The van der Waals surface area contributed by atoms with Gasteiger partial charge in [-0.15, -0.1) is 10.2 Å². The first-order valence-electron chi connectivity index (χ1n) is 8.96. The molecule has 10 nitrogen and oxygen atoms in total.